The van der Waals surface area contributed by atoms with Gasteiger partial charge >= 0.3 is 5.97 Å². The van der Waals surface area contributed by atoms with E-state index < -0.39 is 5.97 Å². The van der Waals surface area contributed by atoms with E-state index in [4.69, 9.17) is 4.74 Å². The van der Waals surface area contributed by atoms with E-state index in [-0.39, 0.29) is 17.9 Å². The lowest BCUT2D eigenvalue weighted by molar-refractivity contribution is -0.143. The maximum Gasteiger partial charge on any atom is 0.343 e. The second kappa shape index (κ2) is 7.87. The van der Waals surface area contributed by atoms with Crippen LogP contribution in [0.5, 0.6) is 5.75 Å². The Morgan fingerprint density at radius 3 is 3.08 bits per heavy atom. The molecule has 1 amide bonds. The molecular formula is C19H26N2O4. The van der Waals surface area contributed by atoms with E-state index in [1.54, 1.807) is 6.07 Å². The first-order chi connectivity index (χ1) is 12.1. The second-order valence-electron chi connectivity index (χ2n) is 6.92. The molecule has 2 atom stereocenters. The van der Waals surface area contributed by atoms with Gasteiger partial charge in [0.15, 0.2) is 6.61 Å². The van der Waals surface area contributed by atoms with Crippen LogP contribution >= 0.6 is 0 Å². The number of esters is 1. The summed E-state index contributed by atoms with van der Waals surface area (Å²) in [5.41, 5.74) is 0.711. The zero-order chi connectivity index (χ0) is 17.7. The van der Waals surface area contributed by atoms with Crippen molar-refractivity contribution >= 4 is 11.9 Å². The molecule has 2 aliphatic rings. The lowest BCUT2D eigenvalue weighted by atomic mass is 9.67. The zero-order valence-electron chi connectivity index (χ0n) is 14.7. The Balaban J connectivity index is 1.58. The van der Waals surface area contributed by atoms with Gasteiger partial charge in [0.1, 0.15) is 5.75 Å². The lowest BCUT2D eigenvalue weighted by Gasteiger charge is -2.37. The normalized spacial score (nSPS) is 25.1. The predicted molar refractivity (Wildman–Crippen MR) is 93.1 cm³/mol. The molecule has 0 bridgehead atoms. The summed E-state index contributed by atoms with van der Waals surface area (Å²) in [7, 11) is 1.33. The fourth-order valence-electron chi connectivity index (χ4n) is 4.00. The first-order valence-electron chi connectivity index (χ1n) is 8.91. The number of methoxy groups -OCH3 is 1. The summed E-state index contributed by atoms with van der Waals surface area (Å²) in [5.74, 6) is 0.780. The van der Waals surface area contributed by atoms with Gasteiger partial charge < -0.3 is 20.1 Å². The summed E-state index contributed by atoms with van der Waals surface area (Å²) in [4.78, 5) is 24.0. The van der Waals surface area contributed by atoms with Crippen LogP contribution < -0.4 is 15.4 Å². The highest BCUT2D eigenvalue weighted by Gasteiger charge is 2.49. The van der Waals surface area contributed by atoms with Gasteiger partial charge in [-0.25, -0.2) is 4.79 Å². The Bertz CT molecular complexity index is 634. The summed E-state index contributed by atoms with van der Waals surface area (Å²) >= 11 is 0. The van der Waals surface area contributed by atoms with Gasteiger partial charge in [0.25, 0.3) is 0 Å². The Hall–Kier alpha value is -2.08. The van der Waals surface area contributed by atoms with Crippen molar-refractivity contribution < 1.29 is 19.1 Å². The van der Waals surface area contributed by atoms with Crippen LogP contribution in [0.4, 0.5) is 0 Å². The molecule has 1 aromatic rings. The number of hydrogen-bond donors (Lipinski definition) is 2. The second-order valence-corrected chi connectivity index (χ2v) is 6.92. The molecule has 2 fully saturated rings. The first-order valence-corrected chi connectivity index (χ1v) is 8.91. The smallest absolute Gasteiger partial charge is 0.343 e. The highest BCUT2D eigenvalue weighted by molar-refractivity contribution is 5.83. The van der Waals surface area contributed by atoms with E-state index in [0.29, 0.717) is 18.2 Å². The largest absolute Gasteiger partial charge is 0.482 e. The molecule has 1 aromatic carbocycles. The van der Waals surface area contributed by atoms with E-state index in [1.165, 1.54) is 13.5 Å². The topological polar surface area (TPSA) is 76.7 Å². The van der Waals surface area contributed by atoms with Gasteiger partial charge in [-0.2, -0.15) is 0 Å². The minimum atomic E-state index is -0.421. The zero-order valence-corrected chi connectivity index (χ0v) is 14.7. The predicted octanol–water partition coefficient (Wildman–Crippen LogP) is 1.63. The van der Waals surface area contributed by atoms with Crippen LogP contribution in [0, 0.1) is 11.3 Å². The number of amides is 1. The average Bonchev–Trinajstić information content (AvgIpc) is 3.09. The Labute approximate surface area is 148 Å². The third-order valence-corrected chi connectivity index (χ3v) is 5.43. The molecule has 1 aliphatic heterocycles. The number of rotatable bonds is 6. The molecule has 1 saturated heterocycles. The van der Waals surface area contributed by atoms with Crippen molar-refractivity contribution in [1.29, 1.82) is 0 Å². The maximum absolute atomic E-state index is 12.9. The highest BCUT2D eigenvalue weighted by Crippen LogP contribution is 2.43. The minimum Gasteiger partial charge on any atom is -0.482 e. The van der Waals surface area contributed by atoms with Gasteiger partial charge in [-0.15, -0.1) is 0 Å². The molecular weight excluding hydrogens is 320 g/mol. The number of carbonyl (C=O) groups excluding carboxylic acids is 2. The van der Waals surface area contributed by atoms with E-state index >= 15 is 0 Å². The SMILES string of the molecule is COC(=O)COc1cccc(CNC(=O)[C@@]23CCCC[C@H]2CNC3)c1. The van der Waals surface area contributed by atoms with Crippen LogP contribution in [0.15, 0.2) is 24.3 Å². The van der Waals surface area contributed by atoms with Crippen molar-refractivity contribution in [1.82, 2.24) is 10.6 Å². The Morgan fingerprint density at radius 1 is 1.36 bits per heavy atom. The molecule has 1 aliphatic carbocycles. The molecule has 0 spiro atoms. The van der Waals surface area contributed by atoms with Crippen LogP contribution in [0.3, 0.4) is 0 Å². The van der Waals surface area contributed by atoms with Crippen molar-refractivity contribution in [3.05, 3.63) is 29.8 Å². The standard InChI is InChI=1S/C19H26N2O4/c1-24-17(22)12-25-16-7-4-5-14(9-16)10-21-18(23)19-8-3-2-6-15(19)11-20-13-19/h4-5,7,9,15,20H,2-3,6,8,10-13H2,1H3,(H,21,23)/t15-,19+/m0/s1. The van der Waals surface area contributed by atoms with Crippen LogP contribution in [-0.4, -0.2) is 38.7 Å². The molecule has 3 rings (SSSR count). The average molecular weight is 346 g/mol. The van der Waals surface area contributed by atoms with E-state index in [2.05, 4.69) is 15.4 Å². The molecule has 25 heavy (non-hydrogen) atoms. The molecule has 0 aromatic heterocycles. The van der Waals surface area contributed by atoms with E-state index in [9.17, 15) is 9.59 Å². The van der Waals surface area contributed by atoms with E-state index in [0.717, 1.165) is 37.9 Å². The van der Waals surface area contributed by atoms with Crippen LogP contribution in [0.2, 0.25) is 0 Å². The minimum absolute atomic E-state index is 0.122. The molecule has 136 valence electrons. The van der Waals surface area contributed by atoms with E-state index in [1.807, 2.05) is 18.2 Å². The van der Waals surface area contributed by atoms with Crippen molar-refractivity contribution in [3.63, 3.8) is 0 Å². The summed E-state index contributed by atoms with van der Waals surface area (Å²) in [5, 5.41) is 6.51. The summed E-state index contributed by atoms with van der Waals surface area (Å²) in [6, 6.07) is 7.41. The third-order valence-electron chi connectivity index (χ3n) is 5.43. The molecule has 6 nitrogen and oxygen atoms in total. The summed E-state index contributed by atoms with van der Waals surface area (Å²) in [6.07, 6.45) is 4.46. The van der Waals surface area contributed by atoms with Crippen LogP contribution in [0.25, 0.3) is 0 Å². The van der Waals surface area contributed by atoms with Gasteiger partial charge in [0.2, 0.25) is 5.91 Å². The lowest BCUT2D eigenvalue weighted by Crippen LogP contribution is -2.47. The third kappa shape index (κ3) is 3.95. The van der Waals surface area contributed by atoms with Gasteiger partial charge in [-0.05, 0) is 43.0 Å². The number of ether oxygens (including phenoxy) is 2. The van der Waals surface area contributed by atoms with Crippen LogP contribution in [0.1, 0.15) is 31.2 Å². The number of benzene rings is 1. The quantitative estimate of drug-likeness (QED) is 0.766. The number of fused-ring (bicyclic) bond motifs is 1. The Morgan fingerprint density at radius 2 is 2.24 bits per heavy atom. The maximum atomic E-state index is 12.9. The van der Waals surface area contributed by atoms with Gasteiger partial charge in [-0.1, -0.05) is 25.0 Å². The highest BCUT2D eigenvalue weighted by atomic mass is 16.6. The van der Waals surface area contributed by atoms with Crippen molar-refractivity contribution in [2.24, 2.45) is 11.3 Å². The van der Waals surface area contributed by atoms with Crippen molar-refractivity contribution in [2.75, 3.05) is 26.8 Å². The van der Waals surface area contributed by atoms with Crippen molar-refractivity contribution in [2.45, 2.75) is 32.2 Å². The molecule has 0 radical (unpaired) electrons. The monoisotopic (exact) mass is 346 g/mol. The molecule has 1 heterocycles. The molecule has 1 saturated carbocycles. The number of nitrogens with one attached hydrogen (secondary N) is 2. The van der Waals surface area contributed by atoms with Gasteiger partial charge in [0.05, 0.1) is 12.5 Å². The first kappa shape index (κ1) is 17.7. The summed E-state index contributed by atoms with van der Waals surface area (Å²) < 4.78 is 9.95. The number of carbonyl (C=O) groups is 2. The van der Waals surface area contributed by atoms with Crippen LogP contribution in [-0.2, 0) is 20.9 Å². The van der Waals surface area contributed by atoms with Crippen molar-refractivity contribution in [3.8, 4) is 5.75 Å². The van der Waals surface area contributed by atoms with Gasteiger partial charge in [0, 0.05) is 13.1 Å². The van der Waals surface area contributed by atoms with Gasteiger partial charge in [-0.3, -0.25) is 4.79 Å². The number of hydrogen-bond acceptors (Lipinski definition) is 5. The summed E-state index contributed by atoms with van der Waals surface area (Å²) in [6.45, 7) is 2.07. The fourth-order valence-corrected chi connectivity index (χ4v) is 4.00. The fraction of sp³-hybridized carbons (Fsp3) is 0.579. The molecule has 0 unspecified atom stereocenters. The Kier molecular flexibility index (Phi) is 5.58. The molecule has 2 N–H and O–H groups in total. The molecule has 6 heteroatoms.